The van der Waals surface area contributed by atoms with Crippen LogP contribution in [-0.4, -0.2) is 60.6 Å². The average Bonchev–Trinajstić information content (AvgIpc) is 3.39. The van der Waals surface area contributed by atoms with E-state index in [1.54, 1.807) is 25.4 Å². The Labute approximate surface area is 230 Å². The van der Waals surface area contributed by atoms with E-state index in [0.717, 1.165) is 32.1 Å². The Morgan fingerprint density at radius 1 is 1.15 bits per heavy atom. The maximum Gasteiger partial charge on any atom is 0.239 e. The van der Waals surface area contributed by atoms with Crippen LogP contribution in [0, 0.1) is 11.6 Å². The van der Waals surface area contributed by atoms with Gasteiger partial charge in [0.1, 0.15) is 19.0 Å². The lowest BCUT2D eigenvalue weighted by molar-refractivity contribution is -0.118. The molecule has 0 atom stereocenters. The number of benzene rings is 2. The summed E-state index contributed by atoms with van der Waals surface area (Å²) in [5.74, 6) is -1.03. The molecule has 12 heteroatoms. The summed E-state index contributed by atoms with van der Waals surface area (Å²) >= 11 is 0. The molecule has 1 fully saturated rings. The molecule has 0 bridgehead atoms. The number of halogens is 2. The van der Waals surface area contributed by atoms with Crippen LogP contribution in [0.3, 0.4) is 0 Å². The third-order valence-corrected chi connectivity index (χ3v) is 6.95. The molecule has 2 aliphatic heterocycles. The largest absolute Gasteiger partial charge is 0.493 e. The van der Waals surface area contributed by atoms with Gasteiger partial charge in [0.15, 0.2) is 23.1 Å². The van der Waals surface area contributed by atoms with Crippen LogP contribution < -0.4 is 36.0 Å². The fraction of sp³-hybridized carbons (Fsp3) is 0.393. The van der Waals surface area contributed by atoms with Crippen molar-refractivity contribution in [2.45, 2.75) is 32.2 Å². The van der Waals surface area contributed by atoms with E-state index < -0.39 is 17.5 Å². The number of amides is 1. The van der Waals surface area contributed by atoms with Crippen molar-refractivity contribution < 1.29 is 23.0 Å². The van der Waals surface area contributed by atoms with Gasteiger partial charge in [0.25, 0.3) is 0 Å². The molecule has 5 rings (SSSR count). The van der Waals surface area contributed by atoms with E-state index in [0.29, 0.717) is 40.2 Å². The molecular formula is C28H33F2N7O3. The lowest BCUT2D eigenvalue weighted by atomic mass is 10.1. The minimum Gasteiger partial charge on any atom is -0.493 e. The number of nitrogens with zero attached hydrogens (tertiary/aromatic N) is 5. The minimum absolute atomic E-state index is 0.0124. The van der Waals surface area contributed by atoms with Gasteiger partial charge in [-0.05, 0) is 50.6 Å². The number of piperidine rings is 1. The Bertz CT molecular complexity index is 1490. The zero-order chi connectivity index (χ0) is 28.1. The van der Waals surface area contributed by atoms with Crippen LogP contribution in [0.5, 0.6) is 11.5 Å². The maximum atomic E-state index is 14.9. The Morgan fingerprint density at radius 3 is 2.75 bits per heavy atom. The highest BCUT2D eigenvalue weighted by atomic mass is 19.2. The fourth-order valence-electron chi connectivity index (χ4n) is 5.00. The highest BCUT2D eigenvalue weighted by Crippen LogP contribution is 2.28. The zero-order valence-corrected chi connectivity index (χ0v) is 22.4. The quantitative estimate of drug-likeness (QED) is 0.350. The van der Waals surface area contributed by atoms with Crippen molar-refractivity contribution in [3.63, 3.8) is 0 Å². The standard InChI is InChI=1S/C28H33F2N7O3/c1-39-24-13-20-22(14-25(24)40-12-6-11-35-9-3-2-4-10-35)32-18-37(23-8-5-7-21(29)27(23)30)28(20)34-19-15-33-36(16-19)17-26(31)38/h5,7-8,13-16,34H,2-4,6,9-12,17-18H2,1H3,(H2,31,38). The summed E-state index contributed by atoms with van der Waals surface area (Å²) in [6.07, 6.45) is 7.79. The Hall–Kier alpha value is -4.19. The number of hydrogen-bond donors (Lipinski definition) is 2. The third kappa shape index (κ3) is 6.17. The van der Waals surface area contributed by atoms with Crippen LogP contribution in [0.2, 0.25) is 0 Å². The number of primary amides is 1. The normalized spacial score (nSPS) is 15.4. The van der Waals surface area contributed by atoms with E-state index in [9.17, 15) is 13.6 Å². The Morgan fingerprint density at radius 2 is 1.98 bits per heavy atom. The van der Waals surface area contributed by atoms with Crippen LogP contribution in [0.15, 0.2) is 47.7 Å². The van der Waals surface area contributed by atoms with Gasteiger partial charge in [-0.2, -0.15) is 5.10 Å². The number of carbonyl (C=O) groups excluding carboxylic acids is 1. The molecule has 0 aliphatic carbocycles. The maximum absolute atomic E-state index is 14.9. The SMILES string of the molecule is COc1cc2c(cc1OCCCN1CCCCC1)=NCN(c1cccc(F)c1F)C=2Nc1cnn(CC(N)=O)c1. The molecule has 2 aliphatic rings. The third-order valence-electron chi connectivity index (χ3n) is 6.95. The first-order valence-electron chi connectivity index (χ1n) is 13.3. The molecule has 0 unspecified atom stereocenters. The zero-order valence-electron chi connectivity index (χ0n) is 22.4. The number of carbonyl (C=O) groups is 1. The molecule has 10 nitrogen and oxygen atoms in total. The van der Waals surface area contributed by atoms with Gasteiger partial charge >= 0.3 is 0 Å². The number of anilines is 2. The van der Waals surface area contributed by atoms with Gasteiger partial charge in [-0.1, -0.05) is 12.5 Å². The molecule has 3 N–H and O–H groups in total. The van der Waals surface area contributed by atoms with Gasteiger partial charge in [0.2, 0.25) is 5.91 Å². The molecule has 1 saturated heterocycles. The van der Waals surface area contributed by atoms with E-state index in [4.69, 9.17) is 15.2 Å². The molecule has 1 amide bonds. The molecule has 2 aromatic carbocycles. The molecule has 1 aromatic heterocycles. The highest BCUT2D eigenvalue weighted by molar-refractivity contribution is 5.78. The molecule has 40 heavy (non-hydrogen) atoms. The van der Waals surface area contributed by atoms with Crippen molar-refractivity contribution in [1.82, 2.24) is 14.7 Å². The number of fused-ring (bicyclic) bond motifs is 1. The molecule has 3 heterocycles. The van der Waals surface area contributed by atoms with Gasteiger partial charge in [-0.3, -0.25) is 14.5 Å². The van der Waals surface area contributed by atoms with Gasteiger partial charge < -0.3 is 30.3 Å². The molecule has 0 spiro atoms. The number of methoxy groups -OCH3 is 1. The van der Waals surface area contributed by atoms with Crippen molar-refractivity contribution in [1.29, 1.82) is 0 Å². The number of rotatable bonds is 11. The summed E-state index contributed by atoms with van der Waals surface area (Å²) in [5, 5.41) is 8.58. The first kappa shape index (κ1) is 27.4. The second kappa shape index (κ2) is 12.3. The summed E-state index contributed by atoms with van der Waals surface area (Å²) < 4.78 is 42.2. The Kier molecular flexibility index (Phi) is 8.44. The van der Waals surface area contributed by atoms with Gasteiger partial charge in [0, 0.05) is 24.0 Å². The van der Waals surface area contributed by atoms with E-state index in [1.807, 2.05) is 0 Å². The van der Waals surface area contributed by atoms with Crippen molar-refractivity contribution in [3.8, 4) is 11.5 Å². The van der Waals surface area contributed by atoms with Crippen LogP contribution in [0.1, 0.15) is 25.7 Å². The fourth-order valence-corrected chi connectivity index (χ4v) is 5.00. The number of hydrogen-bond acceptors (Lipinski definition) is 8. The molecule has 0 radical (unpaired) electrons. The van der Waals surface area contributed by atoms with E-state index in [1.165, 1.54) is 47.2 Å². The summed E-state index contributed by atoms with van der Waals surface area (Å²) in [4.78, 5) is 20.0. The first-order valence-corrected chi connectivity index (χ1v) is 13.3. The predicted molar refractivity (Wildman–Crippen MR) is 146 cm³/mol. The van der Waals surface area contributed by atoms with Gasteiger partial charge in [-0.25, -0.2) is 8.78 Å². The second-order valence-electron chi connectivity index (χ2n) is 9.79. The molecule has 212 valence electrons. The van der Waals surface area contributed by atoms with Crippen molar-refractivity contribution in [3.05, 3.63) is 64.9 Å². The summed E-state index contributed by atoms with van der Waals surface area (Å²) in [5.41, 5.74) is 5.82. The first-order chi connectivity index (χ1) is 19.4. The number of nitrogens with one attached hydrogen (secondary N) is 1. The second-order valence-corrected chi connectivity index (χ2v) is 9.79. The van der Waals surface area contributed by atoms with Crippen molar-refractivity contribution in [2.75, 3.05) is 50.2 Å². The average molecular weight is 554 g/mol. The number of aromatic nitrogens is 2. The van der Waals surface area contributed by atoms with Crippen molar-refractivity contribution in [2.24, 2.45) is 10.7 Å². The topological polar surface area (TPSA) is 110 Å². The predicted octanol–water partition coefficient (Wildman–Crippen LogP) is 2.19. The Balaban J connectivity index is 1.47. The minimum atomic E-state index is -0.995. The number of nitrogens with two attached hydrogens (primary N) is 1. The summed E-state index contributed by atoms with van der Waals surface area (Å²) in [6.45, 7) is 3.70. The monoisotopic (exact) mass is 553 g/mol. The van der Waals surface area contributed by atoms with E-state index in [2.05, 4.69) is 20.3 Å². The number of ether oxygens (including phenoxy) is 2. The van der Waals surface area contributed by atoms with Crippen LogP contribution in [-0.2, 0) is 11.3 Å². The van der Waals surface area contributed by atoms with E-state index in [-0.39, 0.29) is 18.9 Å². The van der Waals surface area contributed by atoms with Gasteiger partial charge in [-0.15, -0.1) is 0 Å². The van der Waals surface area contributed by atoms with Crippen LogP contribution in [0.4, 0.5) is 20.2 Å². The van der Waals surface area contributed by atoms with E-state index >= 15 is 0 Å². The number of likely N-dealkylation sites (tertiary alicyclic amines) is 1. The van der Waals surface area contributed by atoms with Gasteiger partial charge in [0.05, 0.1) is 36.6 Å². The van der Waals surface area contributed by atoms with Crippen molar-refractivity contribution >= 4 is 23.1 Å². The highest BCUT2D eigenvalue weighted by Gasteiger charge is 2.23. The molecule has 3 aromatic rings. The lowest BCUT2D eigenvalue weighted by Gasteiger charge is -2.29. The van der Waals surface area contributed by atoms with Crippen LogP contribution >= 0.6 is 0 Å². The lowest BCUT2D eigenvalue weighted by Crippen LogP contribution is -2.43. The smallest absolute Gasteiger partial charge is 0.239 e. The molecular weight excluding hydrogens is 520 g/mol. The summed E-state index contributed by atoms with van der Waals surface area (Å²) in [7, 11) is 1.55. The van der Waals surface area contributed by atoms with Crippen LogP contribution in [0.25, 0.3) is 5.82 Å². The molecule has 0 saturated carbocycles. The summed E-state index contributed by atoms with van der Waals surface area (Å²) in [6, 6.07) is 7.54.